The molecule has 0 saturated heterocycles. The third-order valence-electron chi connectivity index (χ3n) is 2.96. The second-order valence-corrected chi connectivity index (χ2v) is 4.41. The molecule has 5 heteroatoms. The van der Waals surface area contributed by atoms with Crippen LogP contribution in [0.3, 0.4) is 0 Å². The molecular formula is C12H24N2O3. The van der Waals surface area contributed by atoms with Crippen LogP contribution in [0, 0.1) is 0 Å². The Bertz CT molecular complexity index is 232. The van der Waals surface area contributed by atoms with Gasteiger partial charge >= 0.3 is 5.97 Å². The first kappa shape index (κ1) is 14.4. The summed E-state index contributed by atoms with van der Waals surface area (Å²) in [4.78, 5) is 13.7. The van der Waals surface area contributed by atoms with Crippen molar-refractivity contribution in [3.8, 4) is 0 Å². The van der Waals surface area contributed by atoms with Crippen molar-refractivity contribution < 1.29 is 14.3 Å². The van der Waals surface area contributed by atoms with Gasteiger partial charge in [0.05, 0.1) is 13.2 Å². The van der Waals surface area contributed by atoms with E-state index in [0.717, 1.165) is 19.7 Å². The summed E-state index contributed by atoms with van der Waals surface area (Å²) in [6.45, 7) is 4.66. The minimum atomic E-state index is -0.501. The molecule has 1 saturated carbocycles. The van der Waals surface area contributed by atoms with Crippen LogP contribution in [0.4, 0.5) is 0 Å². The number of carbonyl (C=O) groups is 1. The maximum Gasteiger partial charge on any atom is 0.322 e. The van der Waals surface area contributed by atoms with Crippen LogP contribution >= 0.6 is 0 Å². The van der Waals surface area contributed by atoms with Gasteiger partial charge in [-0.3, -0.25) is 9.69 Å². The maximum absolute atomic E-state index is 11.4. The van der Waals surface area contributed by atoms with E-state index in [1.165, 1.54) is 12.8 Å². The van der Waals surface area contributed by atoms with Gasteiger partial charge in [-0.15, -0.1) is 0 Å². The fourth-order valence-electron chi connectivity index (χ4n) is 1.80. The largest absolute Gasteiger partial charge is 0.465 e. The smallest absolute Gasteiger partial charge is 0.322 e. The van der Waals surface area contributed by atoms with Crippen molar-refractivity contribution in [3.63, 3.8) is 0 Å². The monoisotopic (exact) mass is 244 g/mol. The lowest BCUT2D eigenvalue weighted by Gasteiger charge is -2.22. The summed E-state index contributed by atoms with van der Waals surface area (Å²) in [5.74, 6) is -0.296. The Morgan fingerprint density at radius 1 is 1.47 bits per heavy atom. The van der Waals surface area contributed by atoms with Crippen LogP contribution in [0.15, 0.2) is 0 Å². The normalized spacial score (nSPS) is 17.2. The average Bonchev–Trinajstić information content (AvgIpc) is 3.13. The molecule has 5 nitrogen and oxygen atoms in total. The topological polar surface area (TPSA) is 64.8 Å². The summed E-state index contributed by atoms with van der Waals surface area (Å²) in [5.41, 5.74) is 5.77. The third kappa shape index (κ3) is 5.48. The van der Waals surface area contributed by atoms with Crippen LogP contribution in [0.1, 0.15) is 26.2 Å². The average molecular weight is 244 g/mol. The van der Waals surface area contributed by atoms with Gasteiger partial charge in [-0.25, -0.2) is 0 Å². The van der Waals surface area contributed by atoms with Crippen LogP contribution in [0.2, 0.25) is 0 Å². The Labute approximate surface area is 103 Å². The zero-order valence-electron chi connectivity index (χ0n) is 10.9. The van der Waals surface area contributed by atoms with Crippen LogP contribution in [0.25, 0.3) is 0 Å². The number of methoxy groups -OCH3 is 1. The second kappa shape index (κ2) is 7.63. The SMILES string of the molecule is CCOC(=O)C(N)CCN(CCOC)C1CC1. The first-order valence-corrected chi connectivity index (χ1v) is 6.34. The van der Waals surface area contributed by atoms with Crippen molar-refractivity contribution in [1.29, 1.82) is 0 Å². The number of ether oxygens (including phenoxy) is 2. The highest BCUT2D eigenvalue weighted by atomic mass is 16.5. The lowest BCUT2D eigenvalue weighted by Crippen LogP contribution is -2.38. The van der Waals surface area contributed by atoms with E-state index >= 15 is 0 Å². The Morgan fingerprint density at radius 2 is 2.18 bits per heavy atom. The number of hydrogen-bond acceptors (Lipinski definition) is 5. The van der Waals surface area contributed by atoms with Gasteiger partial charge < -0.3 is 15.2 Å². The predicted molar refractivity (Wildman–Crippen MR) is 65.7 cm³/mol. The van der Waals surface area contributed by atoms with Gasteiger partial charge in [-0.2, -0.15) is 0 Å². The lowest BCUT2D eigenvalue weighted by molar-refractivity contribution is -0.144. The molecule has 0 aromatic rings. The Hall–Kier alpha value is -0.650. The molecule has 0 bridgehead atoms. The molecule has 1 aliphatic rings. The lowest BCUT2D eigenvalue weighted by atomic mass is 10.2. The number of hydrogen-bond donors (Lipinski definition) is 1. The first-order chi connectivity index (χ1) is 8.19. The van der Waals surface area contributed by atoms with E-state index in [-0.39, 0.29) is 5.97 Å². The summed E-state index contributed by atoms with van der Waals surface area (Å²) in [7, 11) is 1.70. The molecular weight excluding hydrogens is 220 g/mol. The number of rotatable bonds is 9. The molecule has 2 N–H and O–H groups in total. The molecule has 1 unspecified atom stereocenters. The molecule has 100 valence electrons. The molecule has 0 radical (unpaired) electrons. The van der Waals surface area contributed by atoms with Gasteiger partial charge in [0.15, 0.2) is 0 Å². The quantitative estimate of drug-likeness (QED) is 0.594. The van der Waals surface area contributed by atoms with E-state index in [1.54, 1.807) is 14.0 Å². The van der Waals surface area contributed by atoms with Crippen molar-refractivity contribution in [3.05, 3.63) is 0 Å². The number of nitrogens with zero attached hydrogens (tertiary/aromatic N) is 1. The number of esters is 1. The molecule has 0 aromatic heterocycles. The fourth-order valence-corrected chi connectivity index (χ4v) is 1.80. The summed E-state index contributed by atoms with van der Waals surface area (Å²) >= 11 is 0. The van der Waals surface area contributed by atoms with E-state index in [9.17, 15) is 4.79 Å². The molecule has 1 rings (SSSR count). The fraction of sp³-hybridized carbons (Fsp3) is 0.917. The minimum Gasteiger partial charge on any atom is -0.465 e. The highest BCUT2D eigenvalue weighted by molar-refractivity contribution is 5.75. The van der Waals surface area contributed by atoms with Crippen LogP contribution in [-0.2, 0) is 14.3 Å². The molecule has 1 aliphatic carbocycles. The Kier molecular flexibility index (Phi) is 6.47. The maximum atomic E-state index is 11.4. The van der Waals surface area contributed by atoms with E-state index in [4.69, 9.17) is 15.2 Å². The summed E-state index contributed by atoms with van der Waals surface area (Å²) < 4.78 is 9.96. The van der Waals surface area contributed by atoms with Gasteiger partial charge in [-0.05, 0) is 26.2 Å². The standard InChI is InChI=1S/C12H24N2O3/c1-3-17-12(15)11(13)6-7-14(8-9-16-2)10-4-5-10/h10-11H,3-9,13H2,1-2H3. The van der Waals surface area contributed by atoms with E-state index in [0.29, 0.717) is 19.1 Å². The predicted octanol–water partition coefficient (Wildman–Crippen LogP) is 0.378. The zero-order valence-corrected chi connectivity index (χ0v) is 10.9. The van der Waals surface area contributed by atoms with Gasteiger partial charge in [0.25, 0.3) is 0 Å². The molecule has 0 aromatic carbocycles. The molecule has 0 amide bonds. The molecule has 17 heavy (non-hydrogen) atoms. The summed E-state index contributed by atoms with van der Waals surface area (Å²) in [6.07, 6.45) is 3.15. The van der Waals surface area contributed by atoms with Crippen LogP contribution in [0.5, 0.6) is 0 Å². The zero-order chi connectivity index (χ0) is 12.7. The highest BCUT2D eigenvalue weighted by Gasteiger charge is 2.29. The second-order valence-electron chi connectivity index (χ2n) is 4.41. The molecule has 1 fully saturated rings. The Morgan fingerprint density at radius 3 is 2.71 bits per heavy atom. The van der Waals surface area contributed by atoms with Crippen molar-refractivity contribution in [2.75, 3.05) is 33.4 Å². The van der Waals surface area contributed by atoms with Crippen molar-refractivity contribution in [1.82, 2.24) is 4.90 Å². The van der Waals surface area contributed by atoms with E-state index < -0.39 is 6.04 Å². The van der Waals surface area contributed by atoms with Crippen LogP contribution in [-0.4, -0.2) is 56.4 Å². The van der Waals surface area contributed by atoms with Crippen molar-refractivity contribution in [2.45, 2.75) is 38.3 Å². The Balaban J connectivity index is 2.23. The molecule has 0 aliphatic heterocycles. The number of nitrogens with two attached hydrogens (primary N) is 1. The molecule has 1 atom stereocenters. The van der Waals surface area contributed by atoms with Crippen molar-refractivity contribution in [2.24, 2.45) is 5.73 Å². The van der Waals surface area contributed by atoms with Crippen molar-refractivity contribution >= 4 is 5.97 Å². The molecule has 0 heterocycles. The van der Waals surface area contributed by atoms with Gasteiger partial charge in [0.2, 0.25) is 0 Å². The summed E-state index contributed by atoms with van der Waals surface area (Å²) in [6, 6.07) is 0.165. The van der Waals surface area contributed by atoms with Gasteiger partial charge in [0.1, 0.15) is 6.04 Å². The number of carbonyl (C=O) groups excluding carboxylic acids is 1. The molecule has 0 spiro atoms. The minimum absolute atomic E-state index is 0.296. The van der Waals surface area contributed by atoms with Crippen LogP contribution < -0.4 is 5.73 Å². The highest BCUT2D eigenvalue weighted by Crippen LogP contribution is 2.26. The van der Waals surface area contributed by atoms with E-state index in [2.05, 4.69) is 4.90 Å². The summed E-state index contributed by atoms with van der Waals surface area (Å²) in [5, 5.41) is 0. The first-order valence-electron chi connectivity index (χ1n) is 6.34. The third-order valence-corrected chi connectivity index (χ3v) is 2.96. The van der Waals surface area contributed by atoms with Gasteiger partial charge in [0, 0.05) is 26.2 Å². The van der Waals surface area contributed by atoms with Gasteiger partial charge in [-0.1, -0.05) is 0 Å². The van der Waals surface area contributed by atoms with E-state index in [1.807, 2.05) is 0 Å².